The summed E-state index contributed by atoms with van der Waals surface area (Å²) in [4.78, 5) is 32.7. The van der Waals surface area contributed by atoms with Crippen LogP contribution in [0.25, 0.3) is 11.1 Å². The minimum absolute atomic E-state index is 0.0238. The number of fused-ring (bicyclic) bond motifs is 1. The van der Waals surface area contributed by atoms with E-state index in [-0.39, 0.29) is 29.8 Å². The van der Waals surface area contributed by atoms with E-state index in [1.165, 1.54) is 18.2 Å². The summed E-state index contributed by atoms with van der Waals surface area (Å²) in [5, 5.41) is 10.7. The van der Waals surface area contributed by atoms with Gasteiger partial charge >= 0.3 is 5.76 Å². The zero-order valence-corrected chi connectivity index (χ0v) is 9.66. The molecule has 0 fully saturated rings. The van der Waals surface area contributed by atoms with Gasteiger partial charge in [-0.1, -0.05) is 0 Å². The lowest BCUT2D eigenvalue weighted by Crippen LogP contribution is -2.31. The summed E-state index contributed by atoms with van der Waals surface area (Å²) in [6.45, 7) is 0.0238. The summed E-state index contributed by atoms with van der Waals surface area (Å²) in [7, 11) is 0. The summed E-state index contributed by atoms with van der Waals surface area (Å²) in [5.41, 5.74) is 2.26. The number of nitrogens with one attached hydrogen (secondary N) is 1. The van der Waals surface area contributed by atoms with Crippen LogP contribution < -0.4 is 17.0 Å². The maximum absolute atomic E-state index is 11.6. The maximum atomic E-state index is 11.6. The van der Waals surface area contributed by atoms with E-state index in [0.29, 0.717) is 0 Å². The third kappa shape index (κ3) is 2.45. The monoisotopic (exact) mass is 266 g/mol. The number of oxazole rings is 1. The molecule has 2 rings (SSSR count). The van der Waals surface area contributed by atoms with E-state index in [9.17, 15) is 19.7 Å². The molecule has 0 unspecified atom stereocenters. The quantitative estimate of drug-likeness (QED) is 0.343. The fraction of sp³-hybridized carbons (Fsp3) is 0.200. The van der Waals surface area contributed by atoms with Crippen LogP contribution in [0.2, 0.25) is 0 Å². The lowest BCUT2D eigenvalue weighted by Gasteiger charge is -2.01. The van der Waals surface area contributed by atoms with Gasteiger partial charge in [-0.15, -0.1) is 0 Å². The van der Waals surface area contributed by atoms with Crippen molar-refractivity contribution in [2.24, 2.45) is 5.84 Å². The van der Waals surface area contributed by atoms with Crippen molar-refractivity contribution in [3.05, 3.63) is 38.9 Å². The smallest absolute Gasteiger partial charge is 0.408 e. The Labute approximate surface area is 105 Å². The van der Waals surface area contributed by atoms with Crippen molar-refractivity contribution in [2.45, 2.75) is 13.0 Å². The number of aromatic nitrogens is 1. The molecule has 3 N–H and O–H groups in total. The first-order chi connectivity index (χ1) is 9.02. The molecule has 9 heteroatoms. The summed E-state index contributed by atoms with van der Waals surface area (Å²) < 4.78 is 6.07. The third-order valence-corrected chi connectivity index (χ3v) is 2.59. The van der Waals surface area contributed by atoms with Crippen LogP contribution in [-0.2, 0) is 11.3 Å². The van der Waals surface area contributed by atoms with Gasteiger partial charge in [-0.25, -0.2) is 10.6 Å². The molecule has 1 aromatic heterocycles. The minimum Gasteiger partial charge on any atom is -0.408 e. The Morgan fingerprint density at radius 1 is 1.53 bits per heavy atom. The van der Waals surface area contributed by atoms with Crippen molar-refractivity contribution in [1.29, 1.82) is 0 Å². The second-order valence-electron chi connectivity index (χ2n) is 3.75. The summed E-state index contributed by atoms with van der Waals surface area (Å²) >= 11 is 0. The zero-order valence-electron chi connectivity index (χ0n) is 9.66. The van der Waals surface area contributed by atoms with Gasteiger partial charge in [0.15, 0.2) is 5.58 Å². The van der Waals surface area contributed by atoms with E-state index in [2.05, 4.69) is 0 Å². The van der Waals surface area contributed by atoms with Gasteiger partial charge in [-0.05, 0) is 6.07 Å². The number of hydrogen-bond donors (Lipinski definition) is 2. The molecule has 19 heavy (non-hydrogen) atoms. The predicted molar refractivity (Wildman–Crippen MR) is 64.1 cm³/mol. The largest absolute Gasteiger partial charge is 0.419 e. The Bertz CT molecular complexity index is 701. The second kappa shape index (κ2) is 4.90. The summed E-state index contributed by atoms with van der Waals surface area (Å²) in [6.07, 6.45) is -0.0340. The van der Waals surface area contributed by atoms with Crippen LogP contribution in [0.4, 0.5) is 5.69 Å². The maximum Gasteiger partial charge on any atom is 0.419 e. The van der Waals surface area contributed by atoms with Crippen molar-refractivity contribution < 1.29 is 14.1 Å². The molecule has 1 amide bonds. The number of amides is 1. The van der Waals surface area contributed by atoms with E-state index in [0.717, 1.165) is 4.57 Å². The second-order valence-corrected chi connectivity index (χ2v) is 3.75. The molecule has 0 saturated carbocycles. The van der Waals surface area contributed by atoms with Gasteiger partial charge in [0.2, 0.25) is 5.91 Å². The molecule has 1 aromatic carbocycles. The molecular formula is C10H10N4O5. The summed E-state index contributed by atoms with van der Waals surface area (Å²) in [6, 6.07) is 3.80. The van der Waals surface area contributed by atoms with Crippen LogP contribution in [0.15, 0.2) is 27.4 Å². The van der Waals surface area contributed by atoms with Gasteiger partial charge in [0, 0.05) is 25.1 Å². The van der Waals surface area contributed by atoms with Crippen molar-refractivity contribution in [3.63, 3.8) is 0 Å². The SMILES string of the molecule is NNC(=O)CCn1c(=O)oc2ccc([N+](=O)[O-])cc21. The molecule has 0 spiro atoms. The molecule has 2 aromatic rings. The van der Waals surface area contributed by atoms with Crippen molar-refractivity contribution in [3.8, 4) is 0 Å². The third-order valence-electron chi connectivity index (χ3n) is 2.59. The summed E-state index contributed by atoms with van der Waals surface area (Å²) in [5.74, 6) is 3.79. The highest BCUT2D eigenvalue weighted by molar-refractivity contribution is 5.77. The number of nitrogens with two attached hydrogens (primary N) is 1. The van der Waals surface area contributed by atoms with Crippen LogP contribution >= 0.6 is 0 Å². The van der Waals surface area contributed by atoms with E-state index in [4.69, 9.17) is 10.3 Å². The number of nitro groups is 1. The number of rotatable bonds is 4. The Kier molecular flexibility index (Phi) is 3.29. The number of carbonyl (C=O) groups excluding carboxylic acids is 1. The first kappa shape index (κ1) is 12.8. The number of aryl methyl sites for hydroxylation is 1. The number of hydrazine groups is 1. The molecule has 100 valence electrons. The number of nitro benzene ring substituents is 1. The normalized spacial score (nSPS) is 10.6. The highest BCUT2D eigenvalue weighted by atomic mass is 16.6. The zero-order chi connectivity index (χ0) is 14.0. The average Bonchev–Trinajstić information content (AvgIpc) is 2.70. The molecule has 0 saturated heterocycles. The van der Waals surface area contributed by atoms with Crippen LogP contribution in [0.1, 0.15) is 6.42 Å². The highest BCUT2D eigenvalue weighted by Crippen LogP contribution is 2.20. The van der Waals surface area contributed by atoms with Gasteiger partial charge in [-0.2, -0.15) is 0 Å². The highest BCUT2D eigenvalue weighted by Gasteiger charge is 2.14. The van der Waals surface area contributed by atoms with E-state index in [1.807, 2.05) is 5.43 Å². The van der Waals surface area contributed by atoms with Gasteiger partial charge in [-0.3, -0.25) is 24.9 Å². The fourth-order valence-electron chi connectivity index (χ4n) is 1.66. The van der Waals surface area contributed by atoms with Crippen molar-refractivity contribution in [1.82, 2.24) is 9.99 Å². The molecular weight excluding hydrogens is 256 g/mol. The van der Waals surface area contributed by atoms with Crippen LogP contribution in [0.3, 0.4) is 0 Å². The van der Waals surface area contributed by atoms with Crippen LogP contribution in [-0.4, -0.2) is 15.4 Å². The van der Waals surface area contributed by atoms with Gasteiger partial charge in [0.05, 0.1) is 10.4 Å². The van der Waals surface area contributed by atoms with E-state index < -0.39 is 16.6 Å². The van der Waals surface area contributed by atoms with Gasteiger partial charge in [0.25, 0.3) is 5.69 Å². The Balaban J connectivity index is 2.44. The number of carbonyl (C=O) groups is 1. The number of benzene rings is 1. The number of non-ortho nitro benzene ring substituents is 1. The van der Waals surface area contributed by atoms with E-state index >= 15 is 0 Å². The first-order valence-corrected chi connectivity index (χ1v) is 5.30. The molecule has 0 atom stereocenters. The first-order valence-electron chi connectivity index (χ1n) is 5.30. The molecule has 0 aliphatic carbocycles. The standard InChI is InChI=1S/C10H10N4O5/c11-12-9(15)3-4-13-7-5-6(14(17)18)1-2-8(7)19-10(13)16/h1-2,5H,3-4,11H2,(H,12,15). The minimum atomic E-state index is -0.680. The molecule has 0 radical (unpaired) electrons. The molecule has 9 nitrogen and oxygen atoms in total. The molecule has 0 aliphatic rings. The Morgan fingerprint density at radius 3 is 2.89 bits per heavy atom. The van der Waals surface area contributed by atoms with Crippen LogP contribution in [0, 0.1) is 10.1 Å². The predicted octanol–water partition coefficient (Wildman–Crippen LogP) is -0.117. The lowest BCUT2D eigenvalue weighted by molar-refractivity contribution is -0.384. The lowest BCUT2D eigenvalue weighted by atomic mass is 10.3. The van der Waals surface area contributed by atoms with E-state index in [1.54, 1.807) is 0 Å². The molecule has 1 heterocycles. The number of hydrogen-bond acceptors (Lipinski definition) is 6. The fourth-order valence-corrected chi connectivity index (χ4v) is 1.66. The average molecular weight is 266 g/mol. The molecule has 0 aliphatic heterocycles. The van der Waals surface area contributed by atoms with Gasteiger partial charge in [0.1, 0.15) is 0 Å². The Morgan fingerprint density at radius 2 is 2.26 bits per heavy atom. The van der Waals surface area contributed by atoms with Gasteiger partial charge < -0.3 is 4.42 Å². The van der Waals surface area contributed by atoms with Crippen LogP contribution in [0.5, 0.6) is 0 Å². The Hall–Kier alpha value is -2.68. The topological polar surface area (TPSA) is 133 Å². The number of nitrogens with zero attached hydrogens (tertiary/aromatic N) is 2. The molecule has 0 bridgehead atoms. The van der Waals surface area contributed by atoms with Crippen molar-refractivity contribution >= 4 is 22.7 Å². The van der Waals surface area contributed by atoms with Crippen molar-refractivity contribution in [2.75, 3.05) is 0 Å².